The Morgan fingerprint density at radius 1 is 1.71 bits per heavy atom. The van der Waals surface area contributed by atoms with Gasteiger partial charge in [-0.2, -0.15) is 0 Å². The van der Waals surface area contributed by atoms with Gasteiger partial charge in [0.2, 0.25) is 0 Å². The van der Waals surface area contributed by atoms with Crippen molar-refractivity contribution in [2.24, 2.45) is 0 Å². The van der Waals surface area contributed by atoms with E-state index in [1.54, 1.807) is 0 Å². The van der Waals surface area contributed by atoms with Crippen LogP contribution in [0.25, 0.3) is 0 Å². The Balaban J connectivity index is 4.17. The third-order valence-corrected chi connectivity index (χ3v) is 2.85. The number of hydrogen-bond donors (Lipinski definition) is 0. The van der Waals surface area contributed by atoms with Gasteiger partial charge in [-0.05, 0) is 0 Å². The molecular weight excluding hydrogens is 131 g/mol. The summed E-state index contributed by atoms with van der Waals surface area (Å²) in [4.78, 5) is 0. The van der Waals surface area contributed by atoms with Gasteiger partial charge in [-0.1, -0.05) is 6.58 Å². The van der Waals surface area contributed by atoms with E-state index in [9.17, 15) is 8.42 Å². The summed E-state index contributed by atoms with van der Waals surface area (Å²) in [7, 11) is -0.821. The molecule has 0 aliphatic heterocycles. The summed E-state index contributed by atoms with van der Waals surface area (Å²) in [5, 5.41) is 0.944. The first-order chi connectivity index (χ1) is 3.12. The minimum atomic E-state index is -2.93. The van der Waals surface area contributed by atoms with E-state index in [0.29, 0.717) is 0 Å². The van der Waals surface area contributed by atoms with Crippen LogP contribution in [0.4, 0.5) is 0 Å². The molecule has 0 amide bonds. The van der Waals surface area contributed by atoms with Crippen LogP contribution < -0.4 is 0 Å². The summed E-state index contributed by atoms with van der Waals surface area (Å²) < 4.78 is 20.5. The van der Waals surface area contributed by atoms with Crippen molar-refractivity contribution in [3.63, 3.8) is 0 Å². The van der Waals surface area contributed by atoms with Crippen LogP contribution >= 0.6 is 9.24 Å². The second-order valence-electron chi connectivity index (χ2n) is 0.996. The maximum Gasteiger partial charge on any atom is 0.174 e. The molecule has 1 atom stereocenters. The van der Waals surface area contributed by atoms with Crippen LogP contribution in [0.5, 0.6) is 0 Å². The fourth-order valence-corrected chi connectivity index (χ4v) is 0.612. The summed E-state index contributed by atoms with van der Waals surface area (Å²) in [6.07, 6.45) is 0. The summed E-state index contributed by atoms with van der Waals surface area (Å²) >= 11 is 0. The first-order valence-corrected chi connectivity index (χ1v) is 4.21. The van der Waals surface area contributed by atoms with Crippen molar-refractivity contribution in [2.75, 3.05) is 5.49 Å². The highest BCUT2D eigenvalue weighted by Gasteiger charge is 1.95. The average Bonchev–Trinajstić information content (AvgIpc) is 1.68. The van der Waals surface area contributed by atoms with Crippen LogP contribution in [0.15, 0.2) is 12.0 Å². The third kappa shape index (κ3) is 2.77. The van der Waals surface area contributed by atoms with E-state index >= 15 is 0 Å². The van der Waals surface area contributed by atoms with Crippen molar-refractivity contribution in [3.05, 3.63) is 12.0 Å². The normalized spacial score (nSPS) is 11.0. The molecule has 7 heavy (non-hydrogen) atoms. The maximum absolute atomic E-state index is 10.2. The number of hydrogen-bond acceptors (Lipinski definition) is 2. The van der Waals surface area contributed by atoms with E-state index in [4.69, 9.17) is 0 Å². The largest absolute Gasteiger partial charge is 0.224 e. The van der Waals surface area contributed by atoms with Gasteiger partial charge in [-0.15, -0.1) is 9.24 Å². The lowest BCUT2D eigenvalue weighted by Gasteiger charge is -1.84. The molecule has 0 bridgehead atoms. The van der Waals surface area contributed by atoms with Crippen LogP contribution in [0.3, 0.4) is 0 Å². The van der Waals surface area contributed by atoms with Gasteiger partial charge in [0.05, 0.1) is 5.49 Å². The van der Waals surface area contributed by atoms with Crippen molar-refractivity contribution in [3.8, 4) is 0 Å². The quantitative estimate of drug-likeness (QED) is 0.517. The predicted octanol–water partition coefficient (Wildman–Crippen LogP) is 0.377. The maximum atomic E-state index is 10.2. The summed E-state index contributed by atoms with van der Waals surface area (Å²) in [5.41, 5.74) is 0.0660. The van der Waals surface area contributed by atoms with Crippen molar-refractivity contribution in [1.82, 2.24) is 0 Å². The van der Waals surface area contributed by atoms with E-state index in [-0.39, 0.29) is 5.49 Å². The number of rotatable bonds is 2. The van der Waals surface area contributed by atoms with Gasteiger partial charge >= 0.3 is 0 Å². The average molecular weight is 138 g/mol. The highest BCUT2D eigenvalue weighted by atomic mass is 32.2. The molecule has 0 aliphatic carbocycles. The van der Waals surface area contributed by atoms with Crippen LogP contribution in [0.2, 0.25) is 0 Å². The zero-order valence-electron chi connectivity index (χ0n) is 3.79. The molecule has 0 saturated carbocycles. The number of sulfone groups is 1. The van der Waals surface area contributed by atoms with Crippen molar-refractivity contribution < 1.29 is 8.42 Å². The van der Waals surface area contributed by atoms with Gasteiger partial charge in [0.25, 0.3) is 0 Å². The van der Waals surface area contributed by atoms with Gasteiger partial charge in [0, 0.05) is 5.41 Å². The predicted molar refractivity (Wildman–Crippen MR) is 33.7 cm³/mol. The lowest BCUT2D eigenvalue weighted by molar-refractivity contribution is 0.609. The van der Waals surface area contributed by atoms with Crippen LogP contribution in [0.1, 0.15) is 0 Å². The molecule has 0 aromatic rings. The molecule has 0 rings (SSSR count). The highest BCUT2D eigenvalue weighted by molar-refractivity contribution is 7.97. The lowest BCUT2D eigenvalue weighted by atomic mass is 11.3. The molecule has 0 fully saturated rings. The Labute approximate surface area is 45.7 Å². The molecule has 0 heterocycles. The monoisotopic (exact) mass is 138 g/mol. The molecule has 0 saturated heterocycles. The fraction of sp³-hybridized carbons (Fsp3) is 0.333. The van der Waals surface area contributed by atoms with Gasteiger partial charge in [-0.25, -0.2) is 8.42 Å². The highest BCUT2D eigenvalue weighted by Crippen LogP contribution is 1.94. The van der Waals surface area contributed by atoms with E-state index < -0.39 is 9.84 Å². The van der Waals surface area contributed by atoms with Gasteiger partial charge in [-0.3, -0.25) is 0 Å². The first kappa shape index (κ1) is 7.12. The van der Waals surface area contributed by atoms with Crippen molar-refractivity contribution in [1.29, 1.82) is 0 Å². The Hall–Kier alpha value is 0.120. The zero-order chi connectivity index (χ0) is 5.91. The van der Waals surface area contributed by atoms with E-state index in [1.807, 2.05) is 0 Å². The smallest absolute Gasteiger partial charge is 0.174 e. The van der Waals surface area contributed by atoms with Gasteiger partial charge < -0.3 is 0 Å². The van der Waals surface area contributed by atoms with E-state index in [0.717, 1.165) is 5.41 Å². The SMILES string of the molecule is C=CS(=O)(=O)CP. The second kappa shape index (κ2) is 2.43. The fourth-order valence-electron chi connectivity index (χ4n) is 0.0680. The van der Waals surface area contributed by atoms with Crippen LogP contribution in [0, 0.1) is 0 Å². The molecule has 0 aliphatic rings. The summed E-state index contributed by atoms with van der Waals surface area (Å²) in [5.74, 6) is 0. The second-order valence-corrected chi connectivity index (χ2v) is 3.99. The zero-order valence-corrected chi connectivity index (χ0v) is 5.76. The molecule has 42 valence electrons. The topological polar surface area (TPSA) is 34.1 Å². The molecule has 0 radical (unpaired) electrons. The molecule has 0 N–H and O–H groups in total. The Kier molecular flexibility index (Phi) is 2.47. The molecule has 2 nitrogen and oxygen atoms in total. The molecule has 0 aromatic carbocycles. The molecule has 0 spiro atoms. The lowest BCUT2D eigenvalue weighted by Crippen LogP contribution is -1.92. The van der Waals surface area contributed by atoms with Crippen molar-refractivity contribution >= 4 is 19.1 Å². The molecule has 0 aromatic heterocycles. The summed E-state index contributed by atoms with van der Waals surface area (Å²) in [6, 6.07) is 0. The van der Waals surface area contributed by atoms with Crippen LogP contribution in [-0.2, 0) is 9.84 Å². The van der Waals surface area contributed by atoms with Gasteiger partial charge in [0.1, 0.15) is 0 Å². The van der Waals surface area contributed by atoms with Gasteiger partial charge in [0.15, 0.2) is 9.84 Å². The molecule has 4 heteroatoms. The third-order valence-electron chi connectivity index (χ3n) is 0.486. The minimum Gasteiger partial charge on any atom is -0.224 e. The first-order valence-electron chi connectivity index (χ1n) is 1.67. The van der Waals surface area contributed by atoms with E-state index in [2.05, 4.69) is 15.8 Å². The molecule has 1 unspecified atom stereocenters. The minimum absolute atomic E-state index is 0.0660. The Bertz CT molecular complexity index is 146. The van der Waals surface area contributed by atoms with Crippen LogP contribution in [-0.4, -0.2) is 13.9 Å². The summed E-state index contributed by atoms with van der Waals surface area (Å²) in [6.45, 7) is 3.10. The Morgan fingerprint density at radius 2 is 2.14 bits per heavy atom. The van der Waals surface area contributed by atoms with Crippen molar-refractivity contribution in [2.45, 2.75) is 0 Å². The van der Waals surface area contributed by atoms with E-state index in [1.165, 1.54) is 0 Å². The molecular formula is C3H7O2PS. The Morgan fingerprint density at radius 3 is 2.14 bits per heavy atom. The standard InChI is InChI=1S/C3H7O2PS/c1-2-7(4,5)3-6/h2H,1,3,6H2.